The van der Waals surface area contributed by atoms with E-state index in [9.17, 15) is 4.39 Å². The molecule has 0 saturated heterocycles. The first-order valence-corrected chi connectivity index (χ1v) is 6.32. The van der Waals surface area contributed by atoms with Gasteiger partial charge in [-0.1, -0.05) is 17.3 Å². The second-order valence-electron chi connectivity index (χ2n) is 4.43. The van der Waals surface area contributed by atoms with Gasteiger partial charge >= 0.3 is 0 Å². The van der Waals surface area contributed by atoms with Crippen LogP contribution < -0.4 is 5.32 Å². The standard InChI is InChI=1S/C14H12FN5O/c1-9-5-12(21-20-9)7-16-14-18-8-17-13(19-14)10-3-2-4-11(15)6-10/h2-6,8H,7H2,1H3,(H,16,17,18,19). The molecule has 0 atom stereocenters. The van der Waals surface area contributed by atoms with E-state index >= 15 is 0 Å². The van der Waals surface area contributed by atoms with Crippen LogP contribution in [0.15, 0.2) is 41.2 Å². The number of hydrogen-bond acceptors (Lipinski definition) is 6. The summed E-state index contributed by atoms with van der Waals surface area (Å²) in [4.78, 5) is 12.3. The van der Waals surface area contributed by atoms with Crippen LogP contribution in [-0.2, 0) is 6.54 Å². The van der Waals surface area contributed by atoms with E-state index in [4.69, 9.17) is 4.52 Å². The van der Waals surface area contributed by atoms with Crippen molar-refractivity contribution in [2.45, 2.75) is 13.5 Å². The van der Waals surface area contributed by atoms with E-state index in [1.54, 1.807) is 12.1 Å². The quantitative estimate of drug-likeness (QED) is 0.794. The smallest absolute Gasteiger partial charge is 0.226 e. The lowest BCUT2D eigenvalue weighted by atomic mass is 10.2. The summed E-state index contributed by atoms with van der Waals surface area (Å²) in [5.41, 5.74) is 1.40. The number of nitrogens with zero attached hydrogens (tertiary/aromatic N) is 4. The molecule has 106 valence electrons. The Kier molecular flexibility index (Phi) is 3.55. The van der Waals surface area contributed by atoms with Gasteiger partial charge in [0.2, 0.25) is 5.95 Å². The summed E-state index contributed by atoms with van der Waals surface area (Å²) in [6, 6.07) is 7.91. The Morgan fingerprint density at radius 2 is 2.14 bits per heavy atom. The molecule has 0 aliphatic heterocycles. The molecule has 3 aromatic rings. The predicted octanol–water partition coefficient (Wildman–Crippen LogP) is 2.59. The van der Waals surface area contributed by atoms with E-state index in [0.717, 1.165) is 5.69 Å². The molecule has 3 rings (SSSR count). The van der Waals surface area contributed by atoms with Crippen molar-refractivity contribution in [2.24, 2.45) is 0 Å². The van der Waals surface area contributed by atoms with Crippen molar-refractivity contribution in [3.05, 3.63) is 53.9 Å². The highest BCUT2D eigenvalue weighted by molar-refractivity contribution is 5.55. The SMILES string of the molecule is Cc1cc(CNc2ncnc(-c3cccc(F)c3)n2)on1. The minimum Gasteiger partial charge on any atom is -0.359 e. The zero-order chi connectivity index (χ0) is 14.7. The van der Waals surface area contributed by atoms with Crippen molar-refractivity contribution in [1.29, 1.82) is 0 Å². The molecule has 0 fully saturated rings. The Labute approximate surface area is 120 Å². The number of nitrogens with one attached hydrogen (secondary N) is 1. The summed E-state index contributed by atoms with van der Waals surface area (Å²) in [6.45, 7) is 2.26. The van der Waals surface area contributed by atoms with E-state index in [1.807, 2.05) is 13.0 Å². The Balaban J connectivity index is 1.77. The van der Waals surface area contributed by atoms with Crippen LogP contribution in [0.1, 0.15) is 11.5 Å². The summed E-state index contributed by atoms with van der Waals surface area (Å²) < 4.78 is 18.3. The summed E-state index contributed by atoms with van der Waals surface area (Å²) in [7, 11) is 0. The van der Waals surface area contributed by atoms with Crippen molar-refractivity contribution >= 4 is 5.95 Å². The van der Waals surface area contributed by atoms with Crippen LogP contribution >= 0.6 is 0 Å². The lowest BCUT2D eigenvalue weighted by molar-refractivity contribution is 0.384. The van der Waals surface area contributed by atoms with Crippen molar-refractivity contribution < 1.29 is 8.91 Å². The van der Waals surface area contributed by atoms with Gasteiger partial charge in [-0.05, 0) is 19.1 Å². The third-order valence-corrected chi connectivity index (χ3v) is 2.75. The molecule has 0 radical (unpaired) electrons. The van der Waals surface area contributed by atoms with Gasteiger partial charge in [0.25, 0.3) is 0 Å². The number of aromatic nitrogens is 4. The van der Waals surface area contributed by atoms with Gasteiger partial charge in [-0.3, -0.25) is 0 Å². The number of anilines is 1. The maximum atomic E-state index is 13.2. The fourth-order valence-electron chi connectivity index (χ4n) is 1.81. The van der Waals surface area contributed by atoms with Gasteiger partial charge in [-0.25, -0.2) is 14.4 Å². The van der Waals surface area contributed by atoms with Crippen LogP contribution in [0.5, 0.6) is 0 Å². The van der Waals surface area contributed by atoms with Gasteiger partial charge in [-0.15, -0.1) is 0 Å². The summed E-state index contributed by atoms with van der Waals surface area (Å²) in [5, 5.41) is 6.80. The highest BCUT2D eigenvalue weighted by Crippen LogP contribution is 2.16. The molecule has 2 heterocycles. The minimum absolute atomic E-state index is 0.334. The molecule has 2 aromatic heterocycles. The third kappa shape index (κ3) is 3.19. The van der Waals surface area contributed by atoms with E-state index in [0.29, 0.717) is 29.6 Å². The molecule has 7 heteroatoms. The average Bonchev–Trinajstić information content (AvgIpc) is 2.91. The van der Waals surface area contributed by atoms with Crippen molar-refractivity contribution in [1.82, 2.24) is 20.1 Å². The van der Waals surface area contributed by atoms with Crippen LogP contribution in [0.4, 0.5) is 10.3 Å². The predicted molar refractivity (Wildman–Crippen MR) is 73.8 cm³/mol. The molecule has 0 unspecified atom stereocenters. The molecule has 1 N–H and O–H groups in total. The van der Waals surface area contributed by atoms with Crippen LogP contribution in [0.2, 0.25) is 0 Å². The zero-order valence-corrected chi connectivity index (χ0v) is 11.2. The van der Waals surface area contributed by atoms with Crippen molar-refractivity contribution in [3.63, 3.8) is 0 Å². The van der Waals surface area contributed by atoms with Crippen molar-refractivity contribution in [3.8, 4) is 11.4 Å². The maximum Gasteiger partial charge on any atom is 0.226 e. The number of hydrogen-bond donors (Lipinski definition) is 1. The van der Waals surface area contributed by atoms with E-state index in [1.165, 1.54) is 18.5 Å². The number of aryl methyl sites for hydroxylation is 1. The van der Waals surface area contributed by atoms with Gasteiger partial charge < -0.3 is 9.84 Å². The first-order valence-electron chi connectivity index (χ1n) is 6.32. The monoisotopic (exact) mass is 285 g/mol. The topological polar surface area (TPSA) is 76.7 Å². The Hall–Kier alpha value is -2.83. The van der Waals surface area contributed by atoms with Gasteiger partial charge in [-0.2, -0.15) is 4.98 Å². The molecule has 0 aliphatic carbocycles. The lowest BCUT2D eigenvalue weighted by Gasteiger charge is -2.04. The first kappa shape index (κ1) is 13.2. The molecule has 0 saturated carbocycles. The molecule has 0 bridgehead atoms. The fraction of sp³-hybridized carbons (Fsp3) is 0.143. The maximum absolute atomic E-state index is 13.2. The number of rotatable bonds is 4. The van der Waals surface area contributed by atoms with Gasteiger partial charge in [0.1, 0.15) is 12.1 Å². The van der Waals surface area contributed by atoms with Crippen molar-refractivity contribution in [2.75, 3.05) is 5.32 Å². The van der Waals surface area contributed by atoms with Gasteiger partial charge in [0.15, 0.2) is 11.6 Å². The number of benzene rings is 1. The molecule has 0 amide bonds. The molecular formula is C14H12FN5O. The molecule has 1 aromatic carbocycles. The van der Waals surface area contributed by atoms with Crippen LogP contribution in [-0.4, -0.2) is 20.1 Å². The molecule has 0 spiro atoms. The highest BCUT2D eigenvalue weighted by Gasteiger charge is 2.06. The highest BCUT2D eigenvalue weighted by atomic mass is 19.1. The Morgan fingerprint density at radius 1 is 1.24 bits per heavy atom. The second kappa shape index (κ2) is 5.66. The van der Waals surface area contributed by atoms with Gasteiger partial charge in [0.05, 0.1) is 12.2 Å². The molecular weight excluding hydrogens is 273 g/mol. The lowest BCUT2D eigenvalue weighted by Crippen LogP contribution is -2.04. The normalized spacial score (nSPS) is 10.6. The van der Waals surface area contributed by atoms with E-state index < -0.39 is 0 Å². The fourth-order valence-corrected chi connectivity index (χ4v) is 1.81. The zero-order valence-electron chi connectivity index (χ0n) is 11.2. The summed E-state index contributed by atoms with van der Waals surface area (Å²) in [6.07, 6.45) is 1.38. The van der Waals surface area contributed by atoms with E-state index in [-0.39, 0.29) is 5.82 Å². The Bertz CT molecular complexity index is 758. The largest absolute Gasteiger partial charge is 0.359 e. The summed E-state index contributed by atoms with van der Waals surface area (Å²) >= 11 is 0. The Morgan fingerprint density at radius 3 is 2.90 bits per heavy atom. The van der Waals surface area contributed by atoms with Gasteiger partial charge in [0, 0.05) is 11.6 Å². The van der Waals surface area contributed by atoms with Crippen LogP contribution in [0.3, 0.4) is 0 Å². The van der Waals surface area contributed by atoms with Crippen LogP contribution in [0.25, 0.3) is 11.4 Å². The minimum atomic E-state index is -0.334. The molecule has 21 heavy (non-hydrogen) atoms. The average molecular weight is 285 g/mol. The third-order valence-electron chi connectivity index (χ3n) is 2.75. The first-order chi connectivity index (χ1) is 10.2. The second-order valence-corrected chi connectivity index (χ2v) is 4.43. The van der Waals surface area contributed by atoms with E-state index in [2.05, 4.69) is 25.4 Å². The molecule has 6 nitrogen and oxygen atoms in total. The van der Waals surface area contributed by atoms with Crippen LogP contribution in [0, 0.1) is 12.7 Å². The summed E-state index contributed by atoms with van der Waals surface area (Å²) in [5.74, 6) is 1.14. The number of halogens is 1. The molecule has 0 aliphatic rings.